The van der Waals surface area contributed by atoms with Crippen molar-refractivity contribution < 1.29 is 4.74 Å². The van der Waals surface area contributed by atoms with Gasteiger partial charge in [-0.2, -0.15) is 0 Å². The van der Waals surface area contributed by atoms with E-state index in [1.54, 1.807) is 0 Å². The lowest BCUT2D eigenvalue weighted by atomic mass is 10.0. The number of ether oxygens (including phenoxy) is 1. The predicted molar refractivity (Wildman–Crippen MR) is 41.5 cm³/mol. The van der Waals surface area contributed by atoms with Crippen LogP contribution in [-0.2, 0) is 4.74 Å². The van der Waals surface area contributed by atoms with Crippen LogP contribution in [0, 0.1) is 7.05 Å². The van der Waals surface area contributed by atoms with E-state index in [0.29, 0.717) is 12.1 Å². The van der Waals surface area contributed by atoms with Crippen LogP contribution in [0.1, 0.15) is 26.2 Å². The second-order valence-electron chi connectivity index (χ2n) is 2.90. The van der Waals surface area contributed by atoms with Gasteiger partial charge in [-0.05, 0) is 26.2 Å². The minimum atomic E-state index is 0.395. The summed E-state index contributed by atoms with van der Waals surface area (Å²) in [6.07, 6.45) is 4.10. The van der Waals surface area contributed by atoms with E-state index >= 15 is 0 Å². The Morgan fingerprint density at radius 3 is 2.90 bits per heavy atom. The first-order chi connectivity index (χ1) is 4.84. The Balaban J connectivity index is 2.24. The molecule has 1 saturated heterocycles. The van der Waals surface area contributed by atoms with Crippen LogP contribution in [0.4, 0.5) is 0 Å². The lowest BCUT2D eigenvalue weighted by molar-refractivity contribution is -0.00115. The summed E-state index contributed by atoms with van der Waals surface area (Å²) in [6, 6.07) is 0.403. The first-order valence-electron chi connectivity index (χ1n) is 3.99. The summed E-state index contributed by atoms with van der Waals surface area (Å²) in [7, 11) is 3.63. The SMILES string of the molecule is [CH2]NC(C)C1CCCCO1. The molecule has 1 aliphatic heterocycles. The van der Waals surface area contributed by atoms with Gasteiger partial charge in [-0.3, -0.25) is 0 Å². The maximum atomic E-state index is 5.53. The fraction of sp³-hybridized carbons (Fsp3) is 0.875. The van der Waals surface area contributed by atoms with E-state index in [-0.39, 0.29) is 0 Å². The molecule has 0 spiro atoms. The van der Waals surface area contributed by atoms with Crippen LogP contribution in [0.2, 0.25) is 0 Å². The number of hydrogen-bond donors (Lipinski definition) is 1. The third-order valence-corrected chi connectivity index (χ3v) is 2.09. The summed E-state index contributed by atoms with van der Waals surface area (Å²) in [5, 5.41) is 2.96. The second-order valence-corrected chi connectivity index (χ2v) is 2.90. The van der Waals surface area contributed by atoms with Gasteiger partial charge in [0.2, 0.25) is 0 Å². The summed E-state index contributed by atoms with van der Waals surface area (Å²) >= 11 is 0. The van der Waals surface area contributed by atoms with Crippen LogP contribution in [0.25, 0.3) is 0 Å². The topological polar surface area (TPSA) is 21.3 Å². The summed E-state index contributed by atoms with van der Waals surface area (Å²) < 4.78 is 5.53. The quantitative estimate of drug-likeness (QED) is 0.628. The zero-order valence-corrected chi connectivity index (χ0v) is 6.60. The monoisotopic (exact) mass is 142 g/mol. The molecule has 0 amide bonds. The van der Waals surface area contributed by atoms with Crippen molar-refractivity contribution in [1.82, 2.24) is 5.32 Å². The van der Waals surface area contributed by atoms with Gasteiger partial charge < -0.3 is 10.1 Å². The van der Waals surface area contributed by atoms with Crippen molar-refractivity contribution in [2.24, 2.45) is 0 Å². The van der Waals surface area contributed by atoms with Crippen LogP contribution in [0.3, 0.4) is 0 Å². The molecule has 2 unspecified atom stereocenters. The fourth-order valence-electron chi connectivity index (χ4n) is 1.29. The minimum absolute atomic E-state index is 0.395. The number of hydrogen-bond acceptors (Lipinski definition) is 2. The van der Waals surface area contributed by atoms with E-state index in [4.69, 9.17) is 4.74 Å². The van der Waals surface area contributed by atoms with Crippen LogP contribution in [0.15, 0.2) is 0 Å². The highest BCUT2D eigenvalue weighted by Gasteiger charge is 2.18. The molecule has 0 aromatic carbocycles. The fourth-order valence-corrected chi connectivity index (χ4v) is 1.29. The number of nitrogens with one attached hydrogen (secondary N) is 1. The lowest BCUT2D eigenvalue weighted by Gasteiger charge is -2.27. The van der Waals surface area contributed by atoms with E-state index in [0.717, 1.165) is 6.61 Å². The van der Waals surface area contributed by atoms with E-state index in [1.807, 2.05) is 0 Å². The van der Waals surface area contributed by atoms with E-state index in [9.17, 15) is 0 Å². The van der Waals surface area contributed by atoms with Gasteiger partial charge in [0.25, 0.3) is 0 Å². The summed E-state index contributed by atoms with van der Waals surface area (Å²) in [5.41, 5.74) is 0. The van der Waals surface area contributed by atoms with Gasteiger partial charge in [0.05, 0.1) is 6.10 Å². The average molecular weight is 142 g/mol. The Labute approximate surface area is 63.0 Å². The molecule has 0 aliphatic carbocycles. The highest BCUT2D eigenvalue weighted by atomic mass is 16.5. The highest BCUT2D eigenvalue weighted by molar-refractivity contribution is 4.74. The molecule has 1 rings (SSSR count). The Hall–Kier alpha value is -0.0800. The van der Waals surface area contributed by atoms with Crippen LogP contribution in [-0.4, -0.2) is 18.8 Å². The summed E-state index contributed by atoms with van der Waals surface area (Å²) in [4.78, 5) is 0. The molecule has 1 fully saturated rings. The van der Waals surface area contributed by atoms with Crippen LogP contribution in [0.5, 0.6) is 0 Å². The van der Waals surface area contributed by atoms with E-state index in [1.165, 1.54) is 19.3 Å². The van der Waals surface area contributed by atoms with Gasteiger partial charge in [0.1, 0.15) is 0 Å². The molecule has 1 N–H and O–H groups in total. The summed E-state index contributed by atoms with van der Waals surface area (Å²) in [5.74, 6) is 0. The van der Waals surface area contributed by atoms with Crippen molar-refractivity contribution in [2.75, 3.05) is 6.61 Å². The molecule has 2 atom stereocenters. The molecular formula is C8H16NO. The Morgan fingerprint density at radius 2 is 2.40 bits per heavy atom. The lowest BCUT2D eigenvalue weighted by Crippen LogP contribution is -2.37. The van der Waals surface area contributed by atoms with Gasteiger partial charge in [-0.15, -0.1) is 0 Å². The molecule has 1 aliphatic rings. The van der Waals surface area contributed by atoms with Crippen molar-refractivity contribution in [2.45, 2.75) is 38.3 Å². The predicted octanol–water partition coefficient (Wildman–Crippen LogP) is 1.33. The number of rotatable bonds is 2. The molecule has 0 saturated carbocycles. The largest absolute Gasteiger partial charge is 0.377 e. The third-order valence-electron chi connectivity index (χ3n) is 2.09. The highest BCUT2D eigenvalue weighted by Crippen LogP contribution is 2.15. The van der Waals surface area contributed by atoms with Crippen molar-refractivity contribution in [3.8, 4) is 0 Å². The first kappa shape index (κ1) is 8.02. The maximum absolute atomic E-state index is 5.53. The van der Waals surface area contributed by atoms with Crippen molar-refractivity contribution in [3.05, 3.63) is 7.05 Å². The molecule has 10 heavy (non-hydrogen) atoms. The van der Waals surface area contributed by atoms with Gasteiger partial charge in [0.15, 0.2) is 0 Å². The second kappa shape index (κ2) is 3.94. The molecule has 2 nitrogen and oxygen atoms in total. The molecule has 2 heteroatoms. The first-order valence-corrected chi connectivity index (χ1v) is 3.99. The molecular weight excluding hydrogens is 126 g/mol. The molecule has 1 radical (unpaired) electrons. The Kier molecular flexibility index (Phi) is 3.16. The zero-order valence-electron chi connectivity index (χ0n) is 6.60. The van der Waals surface area contributed by atoms with Crippen molar-refractivity contribution >= 4 is 0 Å². The van der Waals surface area contributed by atoms with Crippen LogP contribution >= 0.6 is 0 Å². The normalized spacial score (nSPS) is 30.0. The Morgan fingerprint density at radius 1 is 1.60 bits per heavy atom. The molecule has 0 aromatic rings. The zero-order chi connectivity index (χ0) is 7.40. The Bertz CT molecular complexity index is 89.3. The van der Waals surface area contributed by atoms with E-state index in [2.05, 4.69) is 19.3 Å². The summed E-state index contributed by atoms with van der Waals surface area (Å²) in [6.45, 7) is 3.04. The standard InChI is InChI=1S/C8H16NO/c1-7(9-2)8-5-3-4-6-10-8/h7-9H,2-6H2,1H3. The van der Waals surface area contributed by atoms with Crippen molar-refractivity contribution in [3.63, 3.8) is 0 Å². The van der Waals surface area contributed by atoms with Crippen molar-refractivity contribution in [1.29, 1.82) is 0 Å². The van der Waals surface area contributed by atoms with Gasteiger partial charge in [-0.1, -0.05) is 0 Å². The molecule has 0 bridgehead atoms. The molecule has 1 heterocycles. The van der Waals surface area contributed by atoms with Gasteiger partial charge in [-0.25, -0.2) is 0 Å². The minimum Gasteiger partial charge on any atom is -0.377 e. The third kappa shape index (κ3) is 1.96. The molecule has 0 aromatic heterocycles. The van der Waals surface area contributed by atoms with E-state index < -0.39 is 0 Å². The van der Waals surface area contributed by atoms with Gasteiger partial charge >= 0.3 is 0 Å². The van der Waals surface area contributed by atoms with Gasteiger partial charge in [0, 0.05) is 19.7 Å². The average Bonchev–Trinajstić information content (AvgIpc) is 2.05. The van der Waals surface area contributed by atoms with Crippen LogP contribution < -0.4 is 5.32 Å². The maximum Gasteiger partial charge on any atom is 0.0725 e. The smallest absolute Gasteiger partial charge is 0.0725 e. The molecule has 59 valence electrons.